The molecule has 0 spiro atoms. The Morgan fingerprint density at radius 2 is 1.19 bits per heavy atom. The van der Waals surface area contributed by atoms with E-state index in [4.69, 9.17) is 9.40 Å². The maximum Gasteiger partial charge on any atom is 0.145 e. The maximum absolute atomic E-state index is 6.34. The normalized spacial score (nSPS) is 11.8. The SMILES string of the molecule is c1ccc2cc(-c3nc4ccccc4n3-c3ccc(-c4cc5c6ccccc6oc5c5ccccc45)cc3)ccc2c1. The van der Waals surface area contributed by atoms with Gasteiger partial charge in [-0.05, 0) is 69.8 Å². The number of aromatic nitrogens is 2. The van der Waals surface area contributed by atoms with Gasteiger partial charge in [-0.15, -0.1) is 0 Å². The Morgan fingerprint density at radius 1 is 0.500 bits per heavy atom. The predicted octanol–water partition coefficient (Wildman–Crippen LogP) is 10.6. The van der Waals surface area contributed by atoms with Crippen LogP contribution in [0.3, 0.4) is 0 Å². The van der Waals surface area contributed by atoms with E-state index in [9.17, 15) is 0 Å². The average molecular weight is 537 g/mol. The summed E-state index contributed by atoms with van der Waals surface area (Å²) in [4.78, 5) is 5.10. The fraction of sp³-hybridized carbons (Fsp3) is 0. The van der Waals surface area contributed by atoms with Crippen LogP contribution in [-0.4, -0.2) is 9.55 Å². The monoisotopic (exact) mass is 536 g/mol. The minimum atomic E-state index is 0.915. The highest BCUT2D eigenvalue weighted by Crippen LogP contribution is 2.40. The molecule has 0 aliphatic carbocycles. The number of furan rings is 1. The summed E-state index contributed by atoms with van der Waals surface area (Å²) in [5, 5.41) is 7.02. The van der Waals surface area contributed by atoms with Gasteiger partial charge in [-0.3, -0.25) is 4.57 Å². The molecule has 0 atom stereocenters. The van der Waals surface area contributed by atoms with Crippen LogP contribution in [0.4, 0.5) is 0 Å². The molecular weight excluding hydrogens is 512 g/mol. The number of fused-ring (bicyclic) bond motifs is 7. The lowest BCUT2D eigenvalue weighted by atomic mass is 9.95. The molecule has 9 rings (SSSR count). The molecule has 0 N–H and O–H groups in total. The lowest BCUT2D eigenvalue weighted by molar-refractivity contribution is 0.672. The third-order valence-electron chi connectivity index (χ3n) is 8.39. The maximum atomic E-state index is 6.34. The minimum absolute atomic E-state index is 0.915. The Labute approximate surface area is 241 Å². The summed E-state index contributed by atoms with van der Waals surface area (Å²) in [5.74, 6) is 0.937. The van der Waals surface area contributed by atoms with Crippen molar-refractivity contribution in [1.29, 1.82) is 0 Å². The highest BCUT2D eigenvalue weighted by molar-refractivity contribution is 6.19. The van der Waals surface area contributed by atoms with E-state index < -0.39 is 0 Å². The number of imidazole rings is 1. The number of benzene rings is 7. The molecule has 0 radical (unpaired) electrons. The largest absolute Gasteiger partial charge is 0.455 e. The van der Waals surface area contributed by atoms with Crippen molar-refractivity contribution in [3.8, 4) is 28.2 Å². The van der Waals surface area contributed by atoms with Gasteiger partial charge in [0.05, 0.1) is 11.0 Å². The summed E-state index contributed by atoms with van der Waals surface area (Å²) in [7, 11) is 0. The molecule has 3 nitrogen and oxygen atoms in total. The van der Waals surface area contributed by atoms with E-state index in [1.165, 1.54) is 27.3 Å². The van der Waals surface area contributed by atoms with E-state index in [0.29, 0.717) is 0 Å². The van der Waals surface area contributed by atoms with E-state index in [-0.39, 0.29) is 0 Å². The third kappa shape index (κ3) is 3.44. The van der Waals surface area contributed by atoms with E-state index in [2.05, 4.69) is 132 Å². The molecular formula is C39H24N2O. The van der Waals surface area contributed by atoms with Crippen LogP contribution in [-0.2, 0) is 0 Å². The Hall–Kier alpha value is -5.67. The Kier molecular flexibility index (Phi) is 4.90. The number of nitrogens with zero attached hydrogens (tertiary/aromatic N) is 2. The predicted molar refractivity (Wildman–Crippen MR) is 174 cm³/mol. The van der Waals surface area contributed by atoms with Crippen molar-refractivity contribution in [3.63, 3.8) is 0 Å². The second-order valence-electron chi connectivity index (χ2n) is 10.8. The van der Waals surface area contributed by atoms with Crippen LogP contribution in [0.2, 0.25) is 0 Å². The first kappa shape index (κ1) is 23.1. The third-order valence-corrected chi connectivity index (χ3v) is 8.39. The van der Waals surface area contributed by atoms with Crippen molar-refractivity contribution in [1.82, 2.24) is 9.55 Å². The van der Waals surface area contributed by atoms with Crippen LogP contribution >= 0.6 is 0 Å². The molecule has 0 amide bonds. The smallest absolute Gasteiger partial charge is 0.145 e. The summed E-state index contributed by atoms with van der Waals surface area (Å²) in [5.41, 5.74) is 8.46. The standard InChI is InChI=1S/C39H24N2O/c1-2-10-27-23-28(18-17-25(27)9-1)39-40-35-14-6-7-15-36(35)41(39)29-21-19-26(20-22-29)33-24-34-31-12-5-8-16-37(31)42-38(34)32-13-4-3-11-30(32)33/h1-24H. The van der Waals surface area contributed by atoms with Gasteiger partial charge >= 0.3 is 0 Å². The highest BCUT2D eigenvalue weighted by atomic mass is 16.3. The molecule has 2 heterocycles. The van der Waals surface area contributed by atoms with Crippen LogP contribution < -0.4 is 0 Å². The van der Waals surface area contributed by atoms with Gasteiger partial charge in [0.2, 0.25) is 0 Å². The lowest BCUT2D eigenvalue weighted by Gasteiger charge is -2.13. The first-order valence-corrected chi connectivity index (χ1v) is 14.2. The molecule has 0 saturated heterocycles. The fourth-order valence-electron chi connectivity index (χ4n) is 6.39. The quantitative estimate of drug-likeness (QED) is 0.225. The topological polar surface area (TPSA) is 31.0 Å². The van der Waals surface area contributed by atoms with Gasteiger partial charge in [0.25, 0.3) is 0 Å². The first-order chi connectivity index (χ1) is 20.8. The summed E-state index contributed by atoms with van der Waals surface area (Å²) >= 11 is 0. The Morgan fingerprint density at radius 3 is 2.07 bits per heavy atom. The zero-order valence-electron chi connectivity index (χ0n) is 22.7. The van der Waals surface area contributed by atoms with Crippen LogP contribution in [0, 0.1) is 0 Å². The molecule has 0 aliphatic heterocycles. The fourth-order valence-corrected chi connectivity index (χ4v) is 6.39. The first-order valence-electron chi connectivity index (χ1n) is 14.2. The van der Waals surface area contributed by atoms with Crippen molar-refractivity contribution in [3.05, 3.63) is 146 Å². The van der Waals surface area contributed by atoms with Gasteiger partial charge in [-0.2, -0.15) is 0 Å². The number of hydrogen-bond donors (Lipinski definition) is 0. The van der Waals surface area contributed by atoms with Crippen molar-refractivity contribution >= 4 is 54.5 Å². The van der Waals surface area contributed by atoms with Crippen molar-refractivity contribution < 1.29 is 4.42 Å². The zero-order valence-corrected chi connectivity index (χ0v) is 22.7. The summed E-state index contributed by atoms with van der Waals surface area (Å²) < 4.78 is 8.61. The second-order valence-corrected chi connectivity index (χ2v) is 10.8. The molecule has 9 aromatic rings. The molecule has 0 fully saturated rings. The van der Waals surface area contributed by atoms with Gasteiger partial charge in [0, 0.05) is 27.4 Å². The minimum Gasteiger partial charge on any atom is -0.455 e. The van der Waals surface area contributed by atoms with Crippen molar-refractivity contribution in [2.45, 2.75) is 0 Å². The molecule has 0 aliphatic rings. The number of rotatable bonds is 3. The van der Waals surface area contributed by atoms with Gasteiger partial charge in [-0.25, -0.2) is 4.98 Å². The molecule has 3 heteroatoms. The highest BCUT2D eigenvalue weighted by Gasteiger charge is 2.17. The van der Waals surface area contributed by atoms with Gasteiger partial charge < -0.3 is 4.42 Å². The van der Waals surface area contributed by atoms with Crippen LogP contribution in [0.5, 0.6) is 0 Å². The molecule has 0 bridgehead atoms. The molecule has 196 valence electrons. The van der Waals surface area contributed by atoms with Gasteiger partial charge in [0.1, 0.15) is 17.0 Å². The van der Waals surface area contributed by atoms with E-state index in [1.54, 1.807) is 0 Å². The molecule has 0 unspecified atom stereocenters. The molecule has 2 aromatic heterocycles. The van der Waals surface area contributed by atoms with E-state index >= 15 is 0 Å². The lowest BCUT2D eigenvalue weighted by Crippen LogP contribution is -1.97. The van der Waals surface area contributed by atoms with Crippen LogP contribution in [0.1, 0.15) is 0 Å². The van der Waals surface area contributed by atoms with Gasteiger partial charge in [-0.1, -0.05) is 103 Å². The van der Waals surface area contributed by atoms with E-state index in [1.807, 2.05) is 18.2 Å². The molecule has 7 aromatic carbocycles. The molecule has 0 saturated carbocycles. The van der Waals surface area contributed by atoms with Crippen molar-refractivity contribution in [2.75, 3.05) is 0 Å². The Bertz CT molecular complexity index is 2460. The summed E-state index contributed by atoms with van der Waals surface area (Å²) in [6, 6.07) is 51.4. The van der Waals surface area contributed by atoms with Gasteiger partial charge in [0.15, 0.2) is 0 Å². The summed E-state index contributed by atoms with van der Waals surface area (Å²) in [6.07, 6.45) is 0. The summed E-state index contributed by atoms with van der Waals surface area (Å²) in [6.45, 7) is 0. The van der Waals surface area contributed by atoms with Crippen LogP contribution in [0.15, 0.2) is 150 Å². The van der Waals surface area contributed by atoms with E-state index in [0.717, 1.165) is 55.4 Å². The van der Waals surface area contributed by atoms with Crippen molar-refractivity contribution in [2.24, 2.45) is 0 Å². The zero-order chi connectivity index (χ0) is 27.6. The number of hydrogen-bond acceptors (Lipinski definition) is 2. The second kappa shape index (κ2) is 8.92. The molecule has 42 heavy (non-hydrogen) atoms. The number of para-hydroxylation sites is 3. The average Bonchev–Trinajstić information content (AvgIpc) is 3.63. The van der Waals surface area contributed by atoms with Crippen LogP contribution in [0.25, 0.3) is 82.7 Å². The Balaban J connectivity index is 1.23.